The molecule has 1 heterocycles. The third-order valence-corrected chi connectivity index (χ3v) is 5.72. The SMILES string of the molecule is CCOC(=O)Cc1csc(NC(=O)[C@@H]2[C@@H]3CC[C@@H](C3)[C@@H]2C(=O)O)n1. The van der Waals surface area contributed by atoms with E-state index in [1.807, 2.05) is 0 Å². The van der Waals surface area contributed by atoms with Gasteiger partial charge in [-0.05, 0) is 38.0 Å². The van der Waals surface area contributed by atoms with Gasteiger partial charge in [0.25, 0.3) is 0 Å². The molecule has 2 saturated carbocycles. The lowest BCUT2D eigenvalue weighted by atomic mass is 9.79. The Bertz CT molecular complexity index is 659. The first-order chi connectivity index (χ1) is 11.5. The van der Waals surface area contributed by atoms with Crippen molar-refractivity contribution >= 4 is 34.3 Å². The van der Waals surface area contributed by atoms with Gasteiger partial charge < -0.3 is 15.2 Å². The summed E-state index contributed by atoms with van der Waals surface area (Å²) < 4.78 is 4.86. The molecule has 7 nitrogen and oxygen atoms in total. The number of hydrogen-bond donors (Lipinski definition) is 2. The maximum Gasteiger partial charge on any atom is 0.311 e. The molecular formula is C16H20N2O5S. The molecule has 1 aromatic heterocycles. The normalized spacial score (nSPS) is 27.9. The first-order valence-electron chi connectivity index (χ1n) is 8.13. The van der Waals surface area contributed by atoms with Gasteiger partial charge in [-0.25, -0.2) is 4.98 Å². The monoisotopic (exact) mass is 352 g/mol. The Kier molecular flexibility index (Phi) is 4.84. The lowest BCUT2D eigenvalue weighted by Gasteiger charge is -2.26. The predicted octanol–water partition coefficient (Wildman–Crippen LogP) is 1.93. The second kappa shape index (κ2) is 6.88. The van der Waals surface area contributed by atoms with E-state index in [-0.39, 0.29) is 30.1 Å². The van der Waals surface area contributed by atoms with Crippen molar-refractivity contribution in [1.29, 1.82) is 0 Å². The average Bonchev–Trinajstić information content (AvgIpc) is 3.22. The number of nitrogens with zero attached hydrogens (tertiary/aromatic N) is 1. The molecular weight excluding hydrogens is 332 g/mol. The van der Waals surface area contributed by atoms with Crippen LogP contribution in [0.5, 0.6) is 0 Å². The fourth-order valence-corrected chi connectivity index (χ4v) is 4.73. The summed E-state index contributed by atoms with van der Waals surface area (Å²) in [4.78, 5) is 39.7. The molecule has 3 rings (SSSR count). The first-order valence-corrected chi connectivity index (χ1v) is 9.01. The van der Waals surface area contributed by atoms with Crippen molar-refractivity contribution in [3.63, 3.8) is 0 Å². The third kappa shape index (κ3) is 3.28. The Balaban J connectivity index is 1.64. The van der Waals surface area contributed by atoms with Gasteiger partial charge in [-0.15, -0.1) is 11.3 Å². The van der Waals surface area contributed by atoms with Crippen molar-refractivity contribution in [3.05, 3.63) is 11.1 Å². The summed E-state index contributed by atoms with van der Waals surface area (Å²) in [7, 11) is 0. The van der Waals surface area contributed by atoms with Gasteiger partial charge in [0.2, 0.25) is 5.91 Å². The summed E-state index contributed by atoms with van der Waals surface area (Å²) in [5.74, 6) is -2.34. The zero-order chi connectivity index (χ0) is 17.3. The van der Waals surface area contributed by atoms with Crippen molar-refractivity contribution in [2.24, 2.45) is 23.7 Å². The van der Waals surface area contributed by atoms with E-state index in [0.717, 1.165) is 19.3 Å². The van der Waals surface area contributed by atoms with E-state index in [9.17, 15) is 19.5 Å². The van der Waals surface area contributed by atoms with Gasteiger partial charge in [-0.3, -0.25) is 14.4 Å². The number of carbonyl (C=O) groups is 3. The van der Waals surface area contributed by atoms with Crippen LogP contribution in [0.1, 0.15) is 31.9 Å². The molecule has 2 N–H and O–H groups in total. The van der Waals surface area contributed by atoms with E-state index in [0.29, 0.717) is 17.4 Å². The van der Waals surface area contributed by atoms with Crippen LogP contribution >= 0.6 is 11.3 Å². The Morgan fingerprint density at radius 3 is 2.71 bits per heavy atom. The number of amides is 1. The summed E-state index contributed by atoms with van der Waals surface area (Å²) in [6.07, 6.45) is 2.69. The van der Waals surface area contributed by atoms with Gasteiger partial charge in [0.1, 0.15) is 0 Å². The number of rotatable bonds is 6. The predicted molar refractivity (Wildman–Crippen MR) is 86.5 cm³/mol. The Morgan fingerprint density at radius 1 is 1.33 bits per heavy atom. The fourth-order valence-electron chi connectivity index (χ4n) is 4.02. The number of ether oxygens (including phenoxy) is 1. The van der Waals surface area contributed by atoms with Crippen LogP contribution in [0.4, 0.5) is 5.13 Å². The van der Waals surface area contributed by atoms with Crippen LogP contribution in [-0.4, -0.2) is 34.5 Å². The number of anilines is 1. The fraction of sp³-hybridized carbons (Fsp3) is 0.625. The number of carboxylic acids is 1. The minimum Gasteiger partial charge on any atom is -0.481 e. The molecule has 1 amide bonds. The highest BCUT2D eigenvalue weighted by molar-refractivity contribution is 7.13. The van der Waals surface area contributed by atoms with Crippen molar-refractivity contribution in [3.8, 4) is 0 Å². The largest absolute Gasteiger partial charge is 0.481 e. The number of fused-ring (bicyclic) bond motifs is 2. The number of nitrogens with one attached hydrogen (secondary N) is 1. The van der Waals surface area contributed by atoms with Gasteiger partial charge in [0, 0.05) is 5.38 Å². The summed E-state index contributed by atoms with van der Waals surface area (Å²) in [6.45, 7) is 2.05. The molecule has 0 aromatic carbocycles. The van der Waals surface area contributed by atoms with Gasteiger partial charge in [0.05, 0.1) is 30.6 Å². The number of hydrogen-bond acceptors (Lipinski definition) is 6. The van der Waals surface area contributed by atoms with Crippen LogP contribution in [0, 0.1) is 23.7 Å². The average molecular weight is 352 g/mol. The van der Waals surface area contributed by atoms with Crippen LogP contribution in [0.2, 0.25) is 0 Å². The molecule has 2 fully saturated rings. The Morgan fingerprint density at radius 2 is 2.04 bits per heavy atom. The molecule has 130 valence electrons. The maximum absolute atomic E-state index is 12.6. The van der Waals surface area contributed by atoms with Crippen LogP contribution < -0.4 is 5.32 Å². The number of thiazole rings is 1. The summed E-state index contributed by atoms with van der Waals surface area (Å²) in [5, 5.41) is 14.3. The Hall–Kier alpha value is -1.96. The van der Waals surface area contributed by atoms with Gasteiger partial charge >= 0.3 is 11.9 Å². The second-order valence-corrected chi connectivity index (χ2v) is 7.20. The topological polar surface area (TPSA) is 106 Å². The van der Waals surface area contributed by atoms with Crippen molar-refractivity contribution in [1.82, 2.24) is 4.98 Å². The standard InChI is InChI=1S/C16H20N2O5S/c1-2-23-11(19)6-10-7-24-16(17-10)18-14(20)12-8-3-4-9(5-8)13(12)15(21)22/h7-9,12-13H,2-6H2,1H3,(H,21,22)(H,17,18,20)/t8-,9+,12-,13+/m1/s1. The molecule has 0 spiro atoms. The number of aromatic nitrogens is 1. The molecule has 2 bridgehead atoms. The highest BCUT2D eigenvalue weighted by atomic mass is 32.1. The summed E-state index contributed by atoms with van der Waals surface area (Å²) >= 11 is 1.23. The van der Waals surface area contributed by atoms with Crippen LogP contribution in [-0.2, 0) is 25.5 Å². The minimum atomic E-state index is -0.885. The maximum atomic E-state index is 12.6. The Labute approximate surface area is 143 Å². The summed E-state index contributed by atoms with van der Waals surface area (Å²) in [6, 6.07) is 0. The van der Waals surface area contributed by atoms with Crippen molar-refractivity contribution in [2.45, 2.75) is 32.6 Å². The molecule has 1 aromatic rings. The van der Waals surface area contributed by atoms with Crippen molar-refractivity contribution < 1.29 is 24.2 Å². The molecule has 0 aliphatic heterocycles. The molecule has 8 heteroatoms. The first kappa shape index (κ1) is 16.9. The lowest BCUT2D eigenvalue weighted by molar-refractivity contribution is -0.148. The number of aliphatic carboxylic acids is 1. The third-order valence-electron chi connectivity index (χ3n) is 4.92. The summed E-state index contributed by atoms with van der Waals surface area (Å²) in [5.41, 5.74) is 0.538. The van der Waals surface area contributed by atoms with Crippen LogP contribution in [0.25, 0.3) is 0 Å². The second-order valence-electron chi connectivity index (χ2n) is 6.34. The van der Waals surface area contributed by atoms with Crippen LogP contribution in [0.15, 0.2) is 5.38 Å². The van der Waals surface area contributed by atoms with E-state index in [2.05, 4.69) is 10.3 Å². The zero-order valence-electron chi connectivity index (χ0n) is 13.4. The number of carboxylic acid groups (broad SMARTS) is 1. The van der Waals surface area contributed by atoms with Gasteiger partial charge in [-0.1, -0.05) is 0 Å². The minimum absolute atomic E-state index is 0.0616. The molecule has 4 atom stereocenters. The molecule has 2 aliphatic carbocycles. The number of esters is 1. The van der Waals surface area contributed by atoms with E-state index in [4.69, 9.17) is 4.74 Å². The van der Waals surface area contributed by atoms with E-state index >= 15 is 0 Å². The van der Waals surface area contributed by atoms with Gasteiger partial charge in [0.15, 0.2) is 5.13 Å². The van der Waals surface area contributed by atoms with E-state index in [1.54, 1.807) is 12.3 Å². The molecule has 2 aliphatic rings. The molecule has 0 unspecified atom stereocenters. The van der Waals surface area contributed by atoms with Crippen LogP contribution in [0.3, 0.4) is 0 Å². The van der Waals surface area contributed by atoms with E-state index < -0.39 is 17.8 Å². The highest BCUT2D eigenvalue weighted by Gasteiger charge is 2.54. The molecule has 0 radical (unpaired) electrons. The number of carbonyl (C=O) groups excluding carboxylic acids is 2. The molecule has 24 heavy (non-hydrogen) atoms. The zero-order valence-corrected chi connectivity index (χ0v) is 14.2. The lowest BCUT2D eigenvalue weighted by Crippen LogP contribution is -2.37. The highest BCUT2D eigenvalue weighted by Crippen LogP contribution is 2.52. The van der Waals surface area contributed by atoms with E-state index in [1.165, 1.54) is 11.3 Å². The quantitative estimate of drug-likeness (QED) is 0.758. The smallest absolute Gasteiger partial charge is 0.311 e. The van der Waals surface area contributed by atoms with Gasteiger partial charge in [-0.2, -0.15) is 0 Å². The molecule has 0 saturated heterocycles. The van der Waals surface area contributed by atoms with Crippen molar-refractivity contribution in [2.75, 3.05) is 11.9 Å².